The van der Waals surface area contributed by atoms with Gasteiger partial charge in [-0.1, -0.05) is 32.4 Å². The summed E-state index contributed by atoms with van der Waals surface area (Å²) < 4.78 is 0. The van der Waals surface area contributed by atoms with Crippen molar-refractivity contribution in [1.82, 2.24) is 5.32 Å². The summed E-state index contributed by atoms with van der Waals surface area (Å²) in [4.78, 5) is 11.5. The first kappa shape index (κ1) is 15.5. The van der Waals surface area contributed by atoms with Crippen molar-refractivity contribution in [3.05, 3.63) is 29.8 Å². The summed E-state index contributed by atoms with van der Waals surface area (Å²) in [6.07, 6.45) is 3.98. The minimum atomic E-state index is 0.0839. The molecule has 0 aliphatic carbocycles. The average molecular weight is 262 g/mol. The predicted molar refractivity (Wildman–Crippen MR) is 81.4 cm³/mol. The summed E-state index contributed by atoms with van der Waals surface area (Å²) in [5, 5.41) is 6.35. The normalized spacial score (nSPS) is 11.9. The van der Waals surface area contributed by atoms with Gasteiger partial charge in [-0.05, 0) is 37.5 Å². The molecule has 0 saturated carbocycles. The van der Waals surface area contributed by atoms with Crippen LogP contribution >= 0.6 is 0 Å². The molecule has 0 bridgehead atoms. The van der Waals surface area contributed by atoms with Crippen molar-refractivity contribution < 1.29 is 4.79 Å². The van der Waals surface area contributed by atoms with Crippen molar-refractivity contribution >= 4 is 11.6 Å². The maximum Gasteiger partial charge on any atom is 0.224 e. The SMILES string of the molecule is CCCC(CC)Nc1ccc(CC(=O)NCC)cc1. The van der Waals surface area contributed by atoms with E-state index >= 15 is 0 Å². The lowest BCUT2D eigenvalue weighted by Crippen LogP contribution is -2.24. The molecule has 0 heterocycles. The van der Waals surface area contributed by atoms with Crippen LogP contribution in [-0.4, -0.2) is 18.5 Å². The van der Waals surface area contributed by atoms with E-state index in [1.54, 1.807) is 0 Å². The Kier molecular flexibility index (Phi) is 7.01. The summed E-state index contributed by atoms with van der Waals surface area (Å²) in [5.41, 5.74) is 2.19. The van der Waals surface area contributed by atoms with Crippen LogP contribution in [0.25, 0.3) is 0 Å². The molecule has 0 spiro atoms. The van der Waals surface area contributed by atoms with E-state index in [-0.39, 0.29) is 5.91 Å². The van der Waals surface area contributed by atoms with E-state index in [0.29, 0.717) is 19.0 Å². The molecule has 3 nitrogen and oxygen atoms in total. The van der Waals surface area contributed by atoms with Gasteiger partial charge in [0.25, 0.3) is 0 Å². The van der Waals surface area contributed by atoms with Crippen molar-refractivity contribution in [2.75, 3.05) is 11.9 Å². The molecule has 19 heavy (non-hydrogen) atoms. The number of amides is 1. The second kappa shape index (κ2) is 8.57. The third kappa shape index (κ3) is 5.77. The van der Waals surface area contributed by atoms with Gasteiger partial charge < -0.3 is 10.6 Å². The Labute approximate surface area is 116 Å². The number of hydrogen-bond donors (Lipinski definition) is 2. The maximum absolute atomic E-state index is 11.5. The quantitative estimate of drug-likeness (QED) is 0.754. The highest BCUT2D eigenvalue weighted by Crippen LogP contribution is 2.14. The van der Waals surface area contributed by atoms with Gasteiger partial charge in [-0.3, -0.25) is 4.79 Å². The smallest absolute Gasteiger partial charge is 0.224 e. The fourth-order valence-electron chi connectivity index (χ4n) is 2.13. The summed E-state index contributed by atoms with van der Waals surface area (Å²) in [7, 11) is 0. The van der Waals surface area contributed by atoms with Crippen LogP contribution in [-0.2, 0) is 11.2 Å². The summed E-state index contributed by atoms with van der Waals surface area (Å²) >= 11 is 0. The molecule has 0 fully saturated rings. The molecule has 0 aromatic heterocycles. The zero-order valence-electron chi connectivity index (χ0n) is 12.3. The Morgan fingerprint density at radius 2 is 1.84 bits per heavy atom. The second-order valence-corrected chi connectivity index (χ2v) is 4.87. The zero-order valence-corrected chi connectivity index (χ0v) is 12.3. The molecule has 106 valence electrons. The minimum Gasteiger partial charge on any atom is -0.382 e. The molecule has 3 heteroatoms. The highest BCUT2D eigenvalue weighted by atomic mass is 16.1. The number of anilines is 1. The number of likely N-dealkylation sites (N-methyl/N-ethyl adjacent to an activating group) is 1. The van der Waals surface area contributed by atoms with E-state index < -0.39 is 0 Å². The van der Waals surface area contributed by atoms with Crippen LogP contribution in [0.5, 0.6) is 0 Å². The van der Waals surface area contributed by atoms with Gasteiger partial charge in [0.05, 0.1) is 6.42 Å². The van der Waals surface area contributed by atoms with Gasteiger partial charge in [0.2, 0.25) is 5.91 Å². The van der Waals surface area contributed by atoms with Crippen LogP contribution in [0.3, 0.4) is 0 Å². The van der Waals surface area contributed by atoms with Crippen molar-refractivity contribution in [1.29, 1.82) is 0 Å². The zero-order chi connectivity index (χ0) is 14.1. The first-order chi connectivity index (χ1) is 9.19. The number of carbonyl (C=O) groups excluding carboxylic acids is 1. The topological polar surface area (TPSA) is 41.1 Å². The molecule has 1 aromatic rings. The Morgan fingerprint density at radius 1 is 1.16 bits per heavy atom. The molecule has 1 amide bonds. The van der Waals surface area contributed by atoms with E-state index in [2.05, 4.69) is 36.6 Å². The number of rotatable bonds is 8. The van der Waals surface area contributed by atoms with Gasteiger partial charge in [-0.25, -0.2) is 0 Å². The van der Waals surface area contributed by atoms with E-state index in [4.69, 9.17) is 0 Å². The highest BCUT2D eigenvalue weighted by Gasteiger charge is 2.05. The predicted octanol–water partition coefficient (Wildman–Crippen LogP) is 3.36. The molecule has 1 unspecified atom stereocenters. The first-order valence-electron chi connectivity index (χ1n) is 7.31. The largest absolute Gasteiger partial charge is 0.382 e. The molecule has 0 aliphatic rings. The lowest BCUT2D eigenvalue weighted by Gasteiger charge is -2.17. The number of carbonyl (C=O) groups is 1. The Balaban J connectivity index is 2.53. The molecule has 0 aliphatic heterocycles. The van der Waals surface area contributed by atoms with E-state index in [1.807, 2.05) is 19.1 Å². The lowest BCUT2D eigenvalue weighted by atomic mass is 10.1. The number of hydrogen-bond acceptors (Lipinski definition) is 2. The molecule has 1 rings (SSSR count). The average Bonchev–Trinajstić information content (AvgIpc) is 2.40. The van der Waals surface area contributed by atoms with Crippen LogP contribution in [0.4, 0.5) is 5.69 Å². The van der Waals surface area contributed by atoms with Gasteiger partial charge in [-0.15, -0.1) is 0 Å². The van der Waals surface area contributed by atoms with Crippen molar-refractivity contribution in [2.45, 2.75) is 52.5 Å². The van der Waals surface area contributed by atoms with Gasteiger partial charge in [-0.2, -0.15) is 0 Å². The highest BCUT2D eigenvalue weighted by molar-refractivity contribution is 5.78. The van der Waals surface area contributed by atoms with Crippen molar-refractivity contribution in [3.63, 3.8) is 0 Å². The van der Waals surface area contributed by atoms with Gasteiger partial charge in [0.1, 0.15) is 0 Å². The number of benzene rings is 1. The van der Waals surface area contributed by atoms with Crippen LogP contribution in [0.1, 0.15) is 45.6 Å². The van der Waals surface area contributed by atoms with E-state index in [0.717, 1.165) is 17.7 Å². The molecule has 0 radical (unpaired) electrons. The standard InChI is InChI=1S/C16H26N2O/c1-4-7-14(5-2)18-15-10-8-13(9-11-15)12-16(19)17-6-3/h8-11,14,18H,4-7,12H2,1-3H3,(H,17,19). The molecule has 2 N–H and O–H groups in total. The third-order valence-corrected chi connectivity index (χ3v) is 3.19. The van der Waals surface area contributed by atoms with Crippen molar-refractivity contribution in [3.8, 4) is 0 Å². The van der Waals surface area contributed by atoms with Gasteiger partial charge in [0.15, 0.2) is 0 Å². The van der Waals surface area contributed by atoms with Gasteiger partial charge in [0, 0.05) is 18.3 Å². The van der Waals surface area contributed by atoms with Crippen molar-refractivity contribution in [2.24, 2.45) is 0 Å². The van der Waals surface area contributed by atoms with Crippen LogP contribution < -0.4 is 10.6 Å². The van der Waals surface area contributed by atoms with Crippen LogP contribution in [0.15, 0.2) is 24.3 Å². The molecule has 1 aromatic carbocycles. The molecular formula is C16H26N2O. The number of nitrogens with one attached hydrogen (secondary N) is 2. The summed E-state index contributed by atoms with van der Waals surface area (Å²) in [6, 6.07) is 8.71. The van der Waals surface area contributed by atoms with E-state index in [1.165, 1.54) is 12.8 Å². The monoisotopic (exact) mass is 262 g/mol. The Morgan fingerprint density at radius 3 is 2.37 bits per heavy atom. The van der Waals surface area contributed by atoms with Crippen LogP contribution in [0.2, 0.25) is 0 Å². The van der Waals surface area contributed by atoms with E-state index in [9.17, 15) is 4.79 Å². The molecular weight excluding hydrogens is 236 g/mol. The lowest BCUT2D eigenvalue weighted by molar-refractivity contribution is -0.120. The second-order valence-electron chi connectivity index (χ2n) is 4.87. The Hall–Kier alpha value is -1.51. The fourth-order valence-corrected chi connectivity index (χ4v) is 2.13. The fraction of sp³-hybridized carbons (Fsp3) is 0.562. The first-order valence-corrected chi connectivity index (χ1v) is 7.31. The summed E-state index contributed by atoms with van der Waals surface area (Å²) in [6.45, 7) is 7.04. The molecule has 0 saturated heterocycles. The molecule has 1 atom stereocenters. The maximum atomic E-state index is 11.5. The minimum absolute atomic E-state index is 0.0839. The van der Waals surface area contributed by atoms with Crippen LogP contribution in [0, 0.1) is 0 Å². The summed E-state index contributed by atoms with van der Waals surface area (Å²) in [5.74, 6) is 0.0839. The third-order valence-electron chi connectivity index (χ3n) is 3.19. The van der Waals surface area contributed by atoms with Gasteiger partial charge >= 0.3 is 0 Å². The Bertz CT molecular complexity index is 373.